The number of hydrogen-bond donors (Lipinski definition) is 1. The number of nitrogens with one attached hydrogen (secondary N) is 1. The van der Waals surface area contributed by atoms with Crippen LogP contribution < -0.4 is 5.32 Å². The SMILES string of the molecule is Cc1ccccc1CN(CCC(=O)NCCc1ccccc1F)S(C)(=O)=O. The highest BCUT2D eigenvalue weighted by molar-refractivity contribution is 7.88. The molecule has 2 aromatic rings. The van der Waals surface area contributed by atoms with Crippen molar-refractivity contribution in [3.8, 4) is 0 Å². The van der Waals surface area contributed by atoms with E-state index >= 15 is 0 Å². The molecule has 0 atom stereocenters. The Labute approximate surface area is 160 Å². The predicted octanol–water partition coefficient (Wildman–Crippen LogP) is 2.64. The summed E-state index contributed by atoms with van der Waals surface area (Å²) < 4.78 is 38.9. The molecule has 0 unspecified atom stereocenters. The minimum absolute atomic E-state index is 0.0518. The van der Waals surface area contributed by atoms with Gasteiger partial charge in [0.2, 0.25) is 15.9 Å². The zero-order valence-corrected chi connectivity index (χ0v) is 16.4. The Morgan fingerprint density at radius 3 is 2.33 bits per heavy atom. The van der Waals surface area contributed by atoms with Gasteiger partial charge >= 0.3 is 0 Å². The van der Waals surface area contributed by atoms with Crippen LogP contribution in [0.5, 0.6) is 0 Å². The number of sulfonamides is 1. The lowest BCUT2D eigenvalue weighted by Gasteiger charge is -2.20. The van der Waals surface area contributed by atoms with E-state index in [0.29, 0.717) is 18.5 Å². The number of carbonyl (C=O) groups excluding carboxylic acids is 1. The minimum atomic E-state index is -3.44. The summed E-state index contributed by atoms with van der Waals surface area (Å²) in [5.41, 5.74) is 2.44. The molecule has 2 rings (SSSR count). The van der Waals surface area contributed by atoms with Crippen LogP contribution in [0.2, 0.25) is 0 Å². The van der Waals surface area contributed by atoms with Crippen LogP contribution in [0.3, 0.4) is 0 Å². The molecule has 0 heterocycles. The van der Waals surface area contributed by atoms with E-state index in [1.165, 1.54) is 10.4 Å². The first-order valence-electron chi connectivity index (χ1n) is 8.77. The van der Waals surface area contributed by atoms with Gasteiger partial charge in [0.1, 0.15) is 5.82 Å². The van der Waals surface area contributed by atoms with Gasteiger partial charge in [-0.05, 0) is 36.1 Å². The third-order valence-electron chi connectivity index (χ3n) is 4.34. The maximum Gasteiger partial charge on any atom is 0.221 e. The number of amides is 1. The molecule has 0 fully saturated rings. The molecule has 0 saturated heterocycles. The standard InChI is InChI=1S/C20H25FN2O3S/c1-16-7-3-4-9-18(16)15-23(27(2,25)26)14-12-20(24)22-13-11-17-8-5-6-10-19(17)21/h3-10H,11-15H2,1-2H3,(H,22,24). The third kappa shape index (κ3) is 6.77. The molecular weight excluding hydrogens is 367 g/mol. The average Bonchev–Trinajstić information content (AvgIpc) is 2.60. The first-order chi connectivity index (χ1) is 12.8. The number of hydrogen-bond acceptors (Lipinski definition) is 3. The van der Waals surface area contributed by atoms with E-state index in [2.05, 4.69) is 5.32 Å². The summed E-state index contributed by atoms with van der Waals surface area (Å²) in [6.45, 7) is 2.55. The highest BCUT2D eigenvalue weighted by Gasteiger charge is 2.19. The Morgan fingerprint density at radius 1 is 1.07 bits per heavy atom. The Balaban J connectivity index is 1.86. The molecule has 0 aliphatic heterocycles. The first kappa shape index (κ1) is 21.1. The van der Waals surface area contributed by atoms with Crippen LogP contribution in [0, 0.1) is 12.7 Å². The van der Waals surface area contributed by atoms with Crippen LogP contribution in [0.4, 0.5) is 4.39 Å². The normalized spacial score (nSPS) is 11.6. The summed E-state index contributed by atoms with van der Waals surface area (Å²) >= 11 is 0. The van der Waals surface area contributed by atoms with Gasteiger partial charge in [0, 0.05) is 26.1 Å². The summed E-state index contributed by atoms with van der Waals surface area (Å²) in [4.78, 5) is 12.0. The number of rotatable bonds is 9. The van der Waals surface area contributed by atoms with Gasteiger partial charge in [-0.3, -0.25) is 4.79 Å². The van der Waals surface area contributed by atoms with Crippen molar-refractivity contribution in [1.29, 1.82) is 0 Å². The van der Waals surface area contributed by atoms with Gasteiger partial charge in [0.25, 0.3) is 0 Å². The second-order valence-electron chi connectivity index (χ2n) is 6.46. The van der Waals surface area contributed by atoms with E-state index in [1.807, 2.05) is 31.2 Å². The van der Waals surface area contributed by atoms with Gasteiger partial charge in [0.15, 0.2) is 0 Å². The van der Waals surface area contributed by atoms with Gasteiger partial charge in [-0.1, -0.05) is 42.5 Å². The minimum Gasteiger partial charge on any atom is -0.356 e. The Kier molecular flexibility index (Phi) is 7.50. The van der Waals surface area contributed by atoms with Gasteiger partial charge < -0.3 is 5.32 Å². The molecule has 146 valence electrons. The Morgan fingerprint density at radius 2 is 1.70 bits per heavy atom. The number of aryl methyl sites for hydroxylation is 1. The highest BCUT2D eigenvalue weighted by atomic mass is 32.2. The number of carbonyl (C=O) groups is 1. The molecule has 1 amide bonds. The van der Waals surface area contributed by atoms with Crippen molar-refractivity contribution >= 4 is 15.9 Å². The number of nitrogens with zero attached hydrogens (tertiary/aromatic N) is 1. The molecule has 0 aliphatic carbocycles. The summed E-state index contributed by atoms with van der Waals surface area (Å²) in [6.07, 6.45) is 1.58. The molecule has 7 heteroatoms. The van der Waals surface area contributed by atoms with E-state index in [9.17, 15) is 17.6 Å². The topological polar surface area (TPSA) is 66.5 Å². The Hall–Kier alpha value is -2.25. The van der Waals surface area contributed by atoms with Crippen LogP contribution in [0.1, 0.15) is 23.1 Å². The predicted molar refractivity (Wildman–Crippen MR) is 104 cm³/mol. The van der Waals surface area contributed by atoms with Crippen molar-refractivity contribution in [3.05, 3.63) is 71.0 Å². The quantitative estimate of drug-likeness (QED) is 0.713. The second-order valence-corrected chi connectivity index (χ2v) is 8.45. The van der Waals surface area contributed by atoms with Crippen molar-refractivity contribution in [2.75, 3.05) is 19.3 Å². The van der Waals surface area contributed by atoms with E-state index in [4.69, 9.17) is 0 Å². The van der Waals surface area contributed by atoms with Crippen molar-refractivity contribution in [3.63, 3.8) is 0 Å². The first-order valence-corrected chi connectivity index (χ1v) is 10.6. The maximum absolute atomic E-state index is 13.6. The summed E-state index contributed by atoms with van der Waals surface area (Å²) in [6, 6.07) is 14.0. The van der Waals surface area contributed by atoms with Gasteiger partial charge in [-0.2, -0.15) is 4.31 Å². The van der Waals surface area contributed by atoms with Gasteiger partial charge in [-0.25, -0.2) is 12.8 Å². The van der Waals surface area contributed by atoms with Crippen LogP contribution in [-0.4, -0.2) is 38.0 Å². The van der Waals surface area contributed by atoms with Crippen molar-refractivity contribution in [2.45, 2.75) is 26.3 Å². The monoisotopic (exact) mass is 392 g/mol. The molecule has 27 heavy (non-hydrogen) atoms. The van der Waals surface area contributed by atoms with E-state index < -0.39 is 10.0 Å². The van der Waals surface area contributed by atoms with Crippen molar-refractivity contribution in [2.24, 2.45) is 0 Å². The zero-order valence-electron chi connectivity index (χ0n) is 15.6. The molecule has 0 radical (unpaired) electrons. The molecule has 0 bridgehead atoms. The summed E-state index contributed by atoms with van der Waals surface area (Å²) in [5, 5.41) is 2.71. The fourth-order valence-corrected chi connectivity index (χ4v) is 3.49. The lowest BCUT2D eigenvalue weighted by Crippen LogP contribution is -2.35. The molecule has 5 nitrogen and oxygen atoms in total. The van der Waals surface area contributed by atoms with E-state index in [0.717, 1.165) is 17.4 Å². The summed E-state index contributed by atoms with van der Waals surface area (Å²) in [7, 11) is -3.44. The van der Waals surface area contributed by atoms with Crippen LogP contribution in [0.15, 0.2) is 48.5 Å². The average molecular weight is 392 g/mol. The molecule has 0 aromatic heterocycles. The van der Waals surface area contributed by atoms with E-state index in [-0.39, 0.29) is 31.2 Å². The van der Waals surface area contributed by atoms with Crippen molar-refractivity contribution in [1.82, 2.24) is 9.62 Å². The summed E-state index contributed by atoms with van der Waals surface area (Å²) in [5.74, 6) is -0.557. The second kappa shape index (κ2) is 9.62. The van der Waals surface area contributed by atoms with Crippen LogP contribution >= 0.6 is 0 Å². The lowest BCUT2D eigenvalue weighted by atomic mass is 10.1. The fraction of sp³-hybridized carbons (Fsp3) is 0.350. The van der Waals surface area contributed by atoms with Crippen LogP contribution in [0.25, 0.3) is 0 Å². The molecule has 1 N–H and O–H groups in total. The Bertz CT molecular complexity index is 884. The molecule has 2 aromatic carbocycles. The smallest absolute Gasteiger partial charge is 0.221 e. The van der Waals surface area contributed by atoms with Gasteiger partial charge in [0.05, 0.1) is 6.26 Å². The molecule has 0 saturated carbocycles. The van der Waals surface area contributed by atoms with Crippen LogP contribution in [-0.2, 0) is 27.8 Å². The number of benzene rings is 2. The maximum atomic E-state index is 13.6. The highest BCUT2D eigenvalue weighted by Crippen LogP contribution is 2.13. The van der Waals surface area contributed by atoms with E-state index in [1.54, 1.807) is 18.2 Å². The largest absolute Gasteiger partial charge is 0.356 e. The van der Waals surface area contributed by atoms with Gasteiger partial charge in [-0.15, -0.1) is 0 Å². The molecular formula is C20H25FN2O3S. The van der Waals surface area contributed by atoms with Crippen molar-refractivity contribution < 1.29 is 17.6 Å². The number of halogens is 1. The molecule has 0 spiro atoms. The third-order valence-corrected chi connectivity index (χ3v) is 5.59. The molecule has 0 aliphatic rings. The lowest BCUT2D eigenvalue weighted by molar-refractivity contribution is -0.121. The fourth-order valence-electron chi connectivity index (χ4n) is 2.69. The zero-order chi connectivity index (χ0) is 19.9.